The number of Topliss-reactive ketones (excluding diaryl/α,β-unsaturated/α-hetero) is 1. The number of amides is 1. The average Bonchev–Trinajstić information content (AvgIpc) is 2.77. The number of alkyl halides is 1. The summed E-state index contributed by atoms with van der Waals surface area (Å²) in [6.45, 7) is 5.16. The standard InChI is InChI=1S/C24H31BrN2O5S/c1-17(2)15-27(33(31,32)21-11-9-20(10-12-21)23(29)14-25)16-24(30)22(26-18(3)28)13-19-7-5-4-6-8-19/h4-12,17,22,24,30H,13-16H2,1-3H3,(H,26,28)/t22-,24?/m0/s1. The van der Waals surface area contributed by atoms with Gasteiger partial charge in [-0.15, -0.1) is 0 Å². The summed E-state index contributed by atoms with van der Waals surface area (Å²) in [5.41, 5.74) is 1.33. The largest absolute Gasteiger partial charge is 0.390 e. The van der Waals surface area contributed by atoms with Crippen molar-refractivity contribution >= 4 is 37.6 Å². The van der Waals surface area contributed by atoms with Crippen LogP contribution >= 0.6 is 15.9 Å². The Kier molecular flexibility index (Phi) is 10.2. The van der Waals surface area contributed by atoms with E-state index in [4.69, 9.17) is 0 Å². The van der Waals surface area contributed by atoms with Crippen molar-refractivity contribution in [2.45, 2.75) is 44.2 Å². The maximum absolute atomic E-state index is 13.4. The Morgan fingerprint density at radius 1 is 1.03 bits per heavy atom. The van der Waals surface area contributed by atoms with Crippen molar-refractivity contribution in [2.75, 3.05) is 18.4 Å². The number of nitrogens with one attached hydrogen (secondary N) is 1. The quantitative estimate of drug-likeness (QED) is 0.319. The van der Waals surface area contributed by atoms with Gasteiger partial charge in [0.1, 0.15) is 0 Å². The molecule has 1 amide bonds. The Labute approximate surface area is 204 Å². The number of carbonyl (C=O) groups excluding carboxylic acids is 2. The highest BCUT2D eigenvalue weighted by atomic mass is 79.9. The van der Waals surface area contributed by atoms with Crippen LogP contribution in [-0.4, -0.2) is 60.1 Å². The average molecular weight is 539 g/mol. The summed E-state index contributed by atoms with van der Waals surface area (Å²) in [7, 11) is -3.94. The van der Waals surface area contributed by atoms with E-state index < -0.39 is 22.2 Å². The van der Waals surface area contributed by atoms with E-state index >= 15 is 0 Å². The summed E-state index contributed by atoms with van der Waals surface area (Å²) in [6.07, 6.45) is -0.766. The normalized spacial score (nSPS) is 13.7. The van der Waals surface area contributed by atoms with Crippen LogP contribution in [0.25, 0.3) is 0 Å². The number of ketones is 1. The number of benzene rings is 2. The molecule has 9 heteroatoms. The van der Waals surface area contributed by atoms with Gasteiger partial charge in [0.2, 0.25) is 15.9 Å². The predicted molar refractivity (Wildman–Crippen MR) is 132 cm³/mol. The minimum atomic E-state index is -3.94. The van der Waals surface area contributed by atoms with Gasteiger partial charge in [-0.1, -0.05) is 72.2 Å². The molecule has 2 N–H and O–H groups in total. The maximum Gasteiger partial charge on any atom is 0.243 e. The van der Waals surface area contributed by atoms with Crippen LogP contribution in [0.5, 0.6) is 0 Å². The molecule has 1 unspecified atom stereocenters. The summed E-state index contributed by atoms with van der Waals surface area (Å²) in [5.74, 6) is -0.442. The minimum absolute atomic E-state index is 0.00885. The van der Waals surface area contributed by atoms with Crippen molar-refractivity contribution in [2.24, 2.45) is 5.92 Å². The van der Waals surface area contributed by atoms with Crippen molar-refractivity contribution in [3.05, 3.63) is 65.7 Å². The van der Waals surface area contributed by atoms with Gasteiger partial charge >= 0.3 is 0 Å². The van der Waals surface area contributed by atoms with Gasteiger partial charge in [-0.05, 0) is 30.0 Å². The molecule has 0 spiro atoms. The molecular weight excluding hydrogens is 508 g/mol. The highest BCUT2D eigenvalue weighted by Gasteiger charge is 2.31. The molecule has 0 fully saturated rings. The van der Waals surface area contributed by atoms with E-state index in [1.165, 1.54) is 35.5 Å². The lowest BCUT2D eigenvalue weighted by Gasteiger charge is -2.30. The smallest absolute Gasteiger partial charge is 0.243 e. The fourth-order valence-electron chi connectivity index (χ4n) is 3.47. The van der Waals surface area contributed by atoms with Crippen LogP contribution in [-0.2, 0) is 21.2 Å². The zero-order valence-electron chi connectivity index (χ0n) is 19.1. The lowest BCUT2D eigenvalue weighted by atomic mass is 10.0. The third-order valence-electron chi connectivity index (χ3n) is 5.05. The molecule has 0 heterocycles. The zero-order chi connectivity index (χ0) is 24.6. The number of halogens is 1. The number of sulfonamides is 1. The fourth-order valence-corrected chi connectivity index (χ4v) is 5.41. The van der Waals surface area contributed by atoms with Gasteiger partial charge in [0, 0.05) is 25.6 Å². The van der Waals surface area contributed by atoms with Gasteiger partial charge in [-0.3, -0.25) is 9.59 Å². The van der Waals surface area contributed by atoms with Crippen molar-refractivity contribution in [3.8, 4) is 0 Å². The Bertz CT molecular complexity index is 1030. The first-order valence-electron chi connectivity index (χ1n) is 10.7. The molecule has 2 aromatic rings. The molecular formula is C24H31BrN2O5S. The molecule has 2 rings (SSSR count). The van der Waals surface area contributed by atoms with Gasteiger partial charge < -0.3 is 10.4 Å². The fraction of sp³-hybridized carbons (Fsp3) is 0.417. The van der Waals surface area contributed by atoms with Crippen LogP contribution in [0, 0.1) is 5.92 Å². The first kappa shape index (κ1) is 27.2. The third kappa shape index (κ3) is 8.03. The van der Waals surface area contributed by atoms with Crippen molar-refractivity contribution in [1.82, 2.24) is 9.62 Å². The zero-order valence-corrected chi connectivity index (χ0v) is 21.5. The van der Waals surface area contributed by atoms with Gasteiger partial charge in [-0.2, -0.15) is 4.31 Å². The van der Waals surface area contributed by atoms with Crippen molar-refractivity contribution in [3.63, 3.8) is 0 Å². The second-order valence-electron chi connectivity index (χ2n) is 8.36. The summed E-state index contributed by atoms with van der Waals surface area (Å²) in [6, 6.07) is 14.5. The Morgan fingerprint density at radius 2 is 1.64 bits per heavy atom. The third-order valence-corrected chi connectivity index (χ3v) is 7.40. The molecule has 0 aliphatic carbocycles. The predicted octanol–water partition coefficient (Wildman–Crippen LogP) is 3.02. The second-order valence-corrected chi connectivity index (χ2v) is 10.9. The molecule has 0 aliphatic heterocycles. The van der Waals surface area contributed by atoms with Gasteiger partial charge in [0.15, 0.2) is 5.78 Å². The van der Waals surface area contributed by atoms with Gasteiger partial charge in [-0.25, -0.2) is 8.42 Å². The number of hydrogen-bond acceptors (Lipinski definition) is 5. The first-order chi connectivity index (χ1) is 15.5. The van der Waals surface area contributed by atoms with Crippen molar-refractivity contribution in [1.29, 1.82) is 0 Å². The first-order valence-corrected chi connectivity index (χ1v) is 13.3. The maximum atomic E-state index is 13.4. The Morgan fingerprint density at radius 3 is 2.15 bits per heavy atom. The summed E-state index contributed by atoms with van der Waals surface area (Å²) in [4.78, 5) is 23.6. The Hall–Kier alpha value is -2.07. The van der Waals surface area contributed by atoms with E-state index in [1.54, 1.807) is 0 Å². The minimum Gasteiger partial charge on any atom is -0.390 e. The topological polar surface area (TPSA) is 104 Å². The van der Waals surface area contributed by atoms with Crippen LogP contribution in [0.1, 0.15) is 36.7 Å². The number of hydrogen-bond donors (Lipinski definition) is 2. The summed E-state index contributed by atoms with van der Waals surface area (Å²) >= 11 is 3.11. The molecule has 0 radical (unpaired) electrons. The summed E-state index contributed by atoms with van der Waals surface area (Å²) < 4.78 is 28.0. The van der Waals surface area contributed by atoms with Crippen molar-refractivity contribution < 1.29 is 23.1 Å². The van der Waals surface area contributed by atoms with Gasteiger partial charge in [0.05, 0.1) is 22.4 Å². The molecule has 0 saturated heterocycles. The summed E-state index contributed by atoms with van der Waals surface area (Å²) in [5, 5.41) is 13.9. The van der Waals surface area contributed by atoms with Crippen LogP contribution in [0.15, 0.2) is 59.5 Å². The van der Waals surface area contributed by atoms with Crippen LogP contribution < -0.4 is 5.32 Å². The van der Waals surface area contributed by atoms with Crippen LogP contribution in [0.4, 0.5) is 0 Å². The van der Waals surface area contributed by atoms with E-state index in [2.05, 4.69) is 21.2 Å². The molecule has 180 valence electrons. The van der Waals surface area contributed by atoms with E-state index in [0.29, 0.717) is 12.0 Å². The molecule has 33 heavy (non-hydrogen) atoms. The number of rotatable bonds is 12. The van der Waals surface area contributed by atoms with Crippen LogP contribution in [0.2, 0.25) is 0 Å². The molecule has 2 atom stereocenters. The second kappa shape index (κ2) is 12.4. The Balaban J connectivity index is 2.29. The number of nitrogens with zero attached hydrogens (tertiary/aromatic N) is 1. The number of aliphatic hydroxyl groups excluding tert-OH is 1. The van der Waals surface area contributed by atoms with Crippen LogP contribution in [0.3, 0.4) is 0 Å². The van der Waals surface area contributed by atoms with E-state index in [9.17, 15) is 23.1 Å². The monoisotopic (exact) mass is 538 g/mol. The molecule has 0 saturated carbocycles. The van der Waals surface area contributed by atoms with E-state index in [1.807, 2.05) is 44.2 Å². The molecule has 7 nitrogen and oxygen atoms in total. The number of aliphatic hydroxyl groups is 1. The van der Waals surface area contributed by atoms with E-state index in [0.717, 1.165) is 5.56 Å². The molecule has 2 aromatic carbocycles. The highest BCUT2D eigenvalue weighted by Crippen LogP contribution is 2.20. The molecule has 0 aromatic heterocycles. The highest BCUT2D eigenvalue weighted by molar-refractivity contribution is 9.09. The number of carbonyl (C=O) groups is 2. The lowest BCUT2D eigenvalue weighted by molar-refractivity contribution is -0.120. The molecule has 0 aliphatic rings. The molecule has 0 bridgehead atoms. The van der Waals surface area contributed by atoms with E-state index in [-0.39, 0.29) is 40.9 Å². The SMILES string of the molecule is CC(=O)N[C@@H](Cc1ccccc1)C(O)CN(CC(C)C)S(=O)(=O)c1ccc(C(=O)CBr)cc1. The van der Waals surface area contributed by atoms with Gasteiger partial charge in [0.25, 0.3) is 0 Å². The lowest BCUT2D eigenvalue weighted by Crippen LogP contribution is -2.50.